The van der Waals surface area contributed by atoms with Crippen LogP contribution in [0.2, 0.25) is 5.02 Å². The molecule has 0 heterocycles. The lowest BCUT2D eigenvalue weighted by molar-refractivity contribution is 0.0308. The van der Waals surface area contributed by atoms with Crippen LogP contribution in [0.4, 0.5) is 5.69 Å². The van der Waals surface area contributed by atoms with Gasteiger partial charge in [-0.15, -0.1) is 0 Å². The molecule has 2 saturated carbocycles. The van der Waals surface area contributed by atoms with Crippen LogP contribution < -0.4 is 16.2 Å². The summed E-state index contributed by atoms with van der Waals surface area (Å²) in [5, 5.41) is 9.68. The molecule has 2 fully saturated rings. The smallest absolute Gasteiger partial charge is 0.126 e. The van der Waals surface area contributed by atoms with Gasteiger partial charge in [0.05, 0.1) is 16.8 Å². The lowest BCUT2D eigenvalue weighted by atomic mass is 9.76. The second-order valence-electron chi connectivity index (χ2n) is 6.81. The van der Waals surface area contributed by atoms with Gasteiger partial charge in [-0.3, -0.25) is 0 Å². The minimum atomic E-state index is -0.442. The number of ether oxygens (including phenoxy) is 1. The molecule has 1 aromatic carbocycles. The third-order valence-electron chi connectivity index (χ3n) is 5.14. The van der Waals surface area contributed by atoms with Crippen LogP contribution in [0.25, 0.3) is 0 Å². The van der Waals surface area contributed by atoms with Gasteiger partial charge in [-0.05, 0) is 43.7 Å². The molecule has 0 radical (unpaired) electrons. The second kappa shape index (κ2) is 6.26. The number of aliphatic hydroxyl groups is 1. The molecule has 0 atom stereocenters. The topological polar surface area (TPSA) is 81.5 Å². The van der Waals surface area contributed by atoms with Crippen molar-refractivity contribution in [3.63, 3.8) is 0 Å². The van der Waals surface area contributed by atoms with E-state index in [-0.39, 0.29) is 12.7 Å². The van der Waals surface area contributed by atoms with Crippen molar-refractivity contribution in [3.05, 3.63) is 22.7 Å². The Morgan fingerprint density at radius 3 is 2.55 bits per heavy atom. The Morgan fingerprint density at radius 1 is 1.23 bits per heavy atom. The number of hydrogen-bond acceptors (Lipinski definition) is 4. The summed E-state index contributed by atoms with van der Waals surface area (Å²) in [6.07, 6.45) is 7.18. The van der Waals surface area contributed by atoms with Crippen molar-refractivity contribution < 1.29 is 9.84 Å². The van der Waals surface area contributed by atoms with E-state index in [0.29, 0.717) is 16.6 Å². The van der Waals surface area contributed by atoms with Gasteiger partial charge in [0.25, 0.3) is 0 Å². The molecule has 3 rings (SSSR count). The fourth-order valence-corrected chi connectivity index (χ4v) is 3.88. The fraction of sp³-hybridized carbons (Fsp3) is 0.647. The Morgan fingerprint density at radius 2 is 1.91 bits per heavy atom. The Balaban J connectivity index is 1.88. The maximum atomic E-state index is 9.14. The summed E-state index contributed by atoms with van der Waals surface area (Å²) < 4.78 is 6.14. The molecule has 0 unspecified atom stereocenters. The third kappa shape index (κ3) is 2.92. The average molecular weight is 325 g/mol. The summed E-state index contributed by atoms with van der Waals surface area (Å²) >= 11 is 6.23. The van der Waals surface area contributed by atoms with E-state index in [0.717, 1.165) is 49.8 Å². The van der Waals surface area contributed by atoms with E-state index in [1.807, 2.05) is 6.07 Å². The van der Waals surface area contributed by atoms with Crippen LogP contribution >= 0.6 is 11.6 Å². The van der Waals surface area contributed by atoms with Crippen LogP contribution in [0.5, 0.6) is 5.75 Å². The van der Waals surface area contributed by atoms with Crippen molar-refractivity contribution >= 4 is 17.3 Å². The highest BCUT2D eigenvalue weighted by Crippen LogP contribution is 2.45. The summed E-state index contributed by atoms with van der Waals surface area (Å²) in [5.74, 6) is 1.13. The SMILES string of the molecule is Nc1c(Cl)ccc(OC2CC(CO)C2)c1C1(N)CCCCC1. The van der Waals surface area contributed by atoms with Gasteiger partial charge in [0.1, 0.15) is 5.75 Å². The van der Waals surface area contributed by atoms with E-state index < -0.39 is 5.54 Å². The van der Waals surface area contributed by atoms with Crippen molar-refractivity contribution in [2.24, 2.45) is 11.7 Å². The van der Waals surface area contributed by atoms with E-state index in [1.54, 1.807) is 6.07 Å². The summed E-state index contributed by atoms with van der Waals surface area (Å²) in [4.78, 5) is 0. The quantitative estimate of drug-likeness (QED) is 0.743. The molecule has 0 spiro atoms. The molecular weight excluding hydrogens is 300 g/mol. The van der Waals surface area contributed by atoms with Crippen molar-refractivity contribution in [1.82, 2.24) is 0 Å². The second-order valence-corrected chi connectivity index (χ2v) is 7.22. The van der Waals surface area contributed by atoms with Gasteiger partial charge in [0.15, 0.2) is 0 Å². The van der Waals surface area contributed by atoms with Gasteiger partial charge in [-0.25, -0.2) is 0 Å². The lowest BCUT2D eigenvalue weighted by Crippen LogP contribution is -2.41. The van der Waals surface area contributed by atoms with Crippen LogP contribution in [-0.2, 0) is 5.54 Å². The molecule has 22 heavy (non-hydrogen) atoms. The van der Waals surface area contributed by atoms with Gasteiger partial charge in [-0.2, -0.15) is 0 Å². The van der Waals surface area contributed by atoms with Crippen LogP contribution in [-0.4, -0.2) is 17.8 Å². The molecule has 5 N–H and O–H groups in total. The number of aliphatic hydroxyl groups excluding tert-OH is 1. The number of halogens is 1. The molecule has 1 aromatic rings. The molecule has 2 aliphatic carbocycles. The molecule has 0 aromatic heterocycles. The summed E-state index contributed by atoms with van der Waals surface area (Å²) in [6.45, 7) is 0.232. The number of anilines is 1. The minimum Gasteiger partial charge on any atom is -0.490 e. The normalized spacial score (nSPS) is 27.2. The zero-order valence-electron chi connectivity index (χ0n) is 12.9. The monoisotopic (exact) mass is 324 g/mol. The van der Waals surface area contributed by atoms with E-state index in [2.05, 4.69) is 0 Å². The van der Waals surface area contributed by atoms with Crippen LogP contribution in [0.15, 0.2) is 12.1 Å². The summed E-state index contributed by atoms with van der Waals surface area (Å²) in [6, 6.07) is 3.67. The molecule has 122 valence electrons. The molecule has 4 nitrogen and oxygen atoms in total. The number of hydrogen-bond donors (Lipinski definition) is 3. The van der Waals surface area contributed by atoms with Crippen molar-refractivity contribution in [2.75, 3.05) is 12.3 Å². The van der Waals surface area contributed by atoms with Gasteiger partial charge in [0, 0.05) is 17.7 Å². The van der Waals surface area contributed by atoms with Crippen LogP contribution in [0.3, 0.4) is 0 Å². The molecule has 0 bridgehead atoms. The first kappa shape index (κ1) is 15.9. The molecule has 0 aliphatic heterocycles. The Bertz CT molecular complexity index is 538. The van der Waals surface area contributed by atoms with Crippen molar-refractivity contribution in [2.45, 2.75) is 56.6 Å². The Labute approximate surface area is 136 Å². The molecular formula is C17H25ClN2O2. The van der Waals surface area contributed by atoms with E-state index >= 15 is 0 Å². The predicted molar refractivity (Wildman–Crippen MR) is 89.0 cm³/mol. The number of benzene rings is 1. The third-order valence-corrected chi connectivity index (χ3v) is 5.47. The van der Waals surface area contributed by atoms with Gasteiger partial charge in [-0.1, -0.05) is 30.9 Å². The van der Waals surface area contributed by atoms with Crippen molar-refractivity contribution in [1.29, 1.82) is 0 Å². The van der Waals surface area contributed by atoms with E-state index in [9.17, 15) is 0 Å². The predicted octanol–water partition coefficient (Wildman–Crippen LogP) is 3.19. The zero-order chi connectivity index (χ0) is 15.7. The lowest BCUT2D eigenvalue weighted by Gasteiger charge is -2.39. The largest absolute Gasteiger partial charge is 0.490 e. The first-order chi connectivity index (χ1) is 10.5. The first-order valence-electron chi connectivity index (χ1n) is 8.18. The fourth-order valence-electron chi connectivity index (χ4n) is 3.72. The standard InChI is InChI=1S/C17H25ClN2O2/c18-13-4-5-14(22-12-8-11(9-12)10-21)15(16(13)19)17(20)6-2-1-3-7-17/h4-5,11-12,21H,1-3,6-10,19-20H2. The van der Waals surface area contributed by atoms with Crippen molar-refractivity contribution in [3.8, 4) is 5.75 Å². The molecule has 5 heteroatoms. The van der Waals surface area contributed by atoms with Gasteiger partial charge >= 0.3 is 0 Å². The maximum Gasteiger partial charge on any atom is 0.126 e. The van der Waals surface area contributed by atoms with Crippen LogP contribution in [0.1, 0.15) is 50.5 Å². The highest BCUT2D eigenvalue weighted by atomic mass is 35.5. The Kier molecular flexibility index (Phi) is 4.53. The average Bonchev–Trinajstić information content (AvgIpc) is 2.46. The Hall–Kier alpha value is -0.970. The number of rotatable bonds is 4. The molecule has 2 aliphatic rings. The molecule has 0 amide bonds. The van der Waals surface area contributed by atoms with Gasteiger partial charge in [0.2, 0.25) is 0 Å². The minimum absolute atomic E-state index is 0.142. The summed E-state index contributed by atoms with van der Waals surface area (Å²) in [7, 11) is 0. The number of nitrogens with two attached hydrogens (primary N) is 2. The zero-order valence-corrected chi connectivity index (χ0v) is 13.6. The molecule has 0 saturated heterocycles. The summed E-state index contributed by atoms with van der Waals surface area (Å²) in [5.41, 5.74) is 13.9. The van der Waals surface area contributed by atoms with Crippen LogP contribution in [0, 0.1) is 5.92 Å². The van der Waals surface area contributed by atoms with E-state index in [4.69, 9.17) is 32.9 Å². The van der Waals surface area contributed by atoms with E-state index in [1.165, 1.54) is 6.42 Å². The van der Waals surface area contributed by atoms with Gasteiger partial charge < -0.3 is 21.3 Å². The highest BCUT2D eigenvalue weighted by molar-refractivity contribution is 6.33. The highest BCUT2D eigenvalue weighted by Gasteiger charge is 2.37. The number of nitrogen functional groups attached to an aromatic ring is 1. The maximum absolute atomic E-state index is 9.14. The first-order valence-corrected chi connectivity index (χ1v) is 8.56.